The van der Waals surface area contributed by atoms with Crippen LogP contribution in [0.4, 0.5) is 5.82 Å². The van der Waals surface area contributed by atoms with Gasteiger partial charge in [-0.1, -0.05) is 0 Å². The van der Waals surface area contributed by atoms with E-state index in [1.165, 1.54) is 0 Å². The highest BCUT2D eigenvalue weighted by Crippen LogP contribution is 2.33. The minimum atomic E-state index is 0.297. The molecule has 1 amide bonds. The molecule has 4 rings (SSSR count). The van der Waals surface area contributed by atoms with E-state index in [0.29, 0.717) is 24.3 Å². The molecule has 2 aliphatic heterocycles. The van der Waals surface area contributed by atoms with E-state index in [-0.39, 0.29) is 0 Å². The quantitative estimate of drug-likeness (QED) is 0.907. The van der Waals surface area contributed by atoms with Gasteiger partial charge < -0.3 is 14.8 Å². The first kappa shape index (κ1) is 17.0. The number of rotatable bonds is 4. The Hall–Kier alpha value is -2.44. The summed E-state index contributed by atoms with van der Waals surface area (Å²) in [5, 5.41) is 0. The summed E-state index contributed by atoms with van der Waals surface area (Å²) in [5.41, 5.74) is 3.02. The van der Waals surface area contributed by atoms with Crippen LogP contribution < -0.4 is 4.90 Å². The molecule has 2 aromatic rings. The molecule has 26 heavy (non-hydrogen) atoms. The molecule has 138 valence electrons. The van der Waals surface area contributed by atoms with Gasteiger partial charge in [-0.25, -0.2) is 9.97 Å². The minimum Gasteiger partial charge on any atom is -0.355 e. The zero-order valence-electron chi connectivity index (χ0n) is 15.5. The summed E-state index contributed by atoms with van der Waals surface area (Å²) in [5.74, 6) is 1.81. The van der Waals surface area contributed by atoms with Crippen LogP contribution in [0.3, 0.4) is 0 Å². The third-order valence-electron chi connectivity index (χ3n) is 5.67. The van der Waals surface area contributed by atoms with E-state index in [4.69, 9.17) is 4.98 Å². The fourth-order valence-electron chi connectivity index (χ4n) is 4.32. The molecule has 0 bridgehead atoms. The van der Waals surface area contributed by atoms with Gasteiger partial charge in [0.25, 0.3) is 0 Å². The molecule has 2 saturated heterocycles. The van der Waals surface area contributed by atoms with Crippen LogP contribution in [0.2, 0.25) is 0 Å². The van der Waals surface area contributed by atoms with Crippen LogP contribution in [0.5, 0.6) is 0 Å². The predicted molar refractivity (Wildman–Crippen MR) is 98.9 cm³/mol. The van der Waals surface area contributed by atoms with E-state index in [1.807, 2.05) is 26.2 Å². The molecule has 7 heteroatoms. The number of nitrogens with zero attached hydrogens (tertiary/aromatic N) is 5. The summed E-state index contributed by atoms with van der Waals surface area (Å²) in [6.07, 6.45) is 8.81. The zero-order chi connectivity index (χ0) is 18.1. The second kappa shape index (κ2) is 7.05. The molecule has 2 aromatic heterocycles. The Balaban J connectivity index is 1.46. The first-order chi connectivity index (χ1) is 12.6. The van der Waals surface area contributed by atoms with E-state index in [1.54, 1.807) is 6.33 Å². The maximum atomic E-state index is 12.5. The van der Waals surface area contributed by atoms with Crippen LogP contribution in [0.15, 0.2) is 18.7 Å². The number of fused-ring (bicyclic) bond motifs is 1. The molecular formula is C19H26N6O. The normalized spacial score (nSPS) is 23.2. The highest BCUT2D eigenvalue weighted by molar-refractivity contribution is 5.77. The van der Waals surface area contributed by atoms with Gasteiger partial charge in [0.05, 0.1) is 17.7 Å². The average molecular weight is 354 g/mol. The number of imidazole rings is 1. The van der Waals surface area contributed by atoms with E-state index in [9.17, 15) is 4.79 Å². The van der Waals surface area contributed by atoms with Crippen molar-refractivity contribution in [2.24, 2.45) is 5.92 Å². The summed E-state index contributed by atoms with van der Waals surface area (Å²) in [7, 11) is 0. The molecule has 0 spiro atoms. The van der Waals surface area contributed by atoms with Crippen molar-refractivity contribution < 1.29 is 4.79 Å². The summed E-state index contributed by atoms with van der Waals surface area (Å²) in [4.78, 5) is 33.4. The van der Waals surface area contributed by atoms with Gasteiger partial charge in [-0.15, -0.1) is 0 Å². The Morgan fingerprint density at radius 2 is 2.15 bits per heavy atom. The molecule has 7 nitrogen and oxygen atoms in total. The number of aryl methyl sites for hydroxylation is 2. The lowest BCUT2D eigenvalue weighted by Gasteiger charge is -2.47. The zero-order valence-corrected chi connectivity index (χ0v) is 15.5. The molecule has 1 N–H and O–H groups in total. The summed E-state index contributed by atoms with van der Waals surface area (Å²) in [6, 6.07) is 0.341. The molecule has 0 radical (unpaired) electrons. The van der Waals surface area contributed by atoms with Crippen LogP contribution in [0, 0.1) is 19.8 Å². The van der Waals surface area contributed by atoms with Gasteiger partial charge in [-0.05, 0) is 32.6 Å². The Morgan fingerprint density at radius 1 is 1.27 bits per heavy atom. The Labute approximate surface area is 153 Å². The number of carbonyl (C=O) groups excluding carboxylic acids is 1. The van der Waals surface area contributed by atoms with Gasteiger partial charge in [0.1, 0.15) is 5.82 Å². The number of aromatic amines is 1. The Kier molecular flexibility index (Phi) is 4.61. The molecular weight excluding hydrogens is 328 g/mol. The van der Waals surface area contributed by atoms with Gasteiger partial charge in [-0.3, -0.25) is 9.78 Å². The van der Waals surface area contributed by atoms with Crippen molar-refractivity contribution in [3.8, 4) is 0 Å². The summed E-state index contributed by atoms with van der Waals surface area (Å²) in [6.45, 7) is 6.66. The molecule has 0 aromatic carbocycles. The number of amides is 1. The first-order valence-corrected chi connectivity index (χ1v) is 9.43. The number of carbonyl (C=O) groups is 1. The van der Waals surface area contributed by atoms with Crippen molar-refractivity contribution in [1.29, 1.82) is 0 Å². The third-order valence-corrected chi connectivity index (χ3v) is 5.67. The van der Waals surface area contributed by atoms with Crippen LogP contribution in [-0.4, -0.2) is 56.4 Å². The monoisotopic (exact) mass is 354 g/mol. The molecule has 0 unspecified atom stereocenters. The minimum absolute atomic E-state index is 0.297. The van der Waals surface area contributed by atoms with E-state index < -0.39 is 0 Å². The Bertz CT molecular complexity index is 774. The van der Waals surface area contributed by atoms with Crippen molar-refractivity contribution in [1.82, 2.24) is 24.8 Å². The van der Waals surface area contributed by atoms with Crippen LogP contribution in [-0.2, 0) is 11.2 Å². The number of likely N-dealkylation sites (tertiary alicyclic amines) is 1. The van der Waals surface area contributed by atoms with Crippen molar-refractivity contribution >= 4 is 11.7 Å². The smallest absolute Gasteiger partial charge is 0.222 e. The lowest BCUT2D eigenvalue weighted by molar-refractivity contribution is -0.139. The molecule has 2 atom stereocenters. The number of piperidine rings is 2. The predicted octanol–water partition coefficient (Wildman–Crippen LogP) is 1.88. The molecule has 2 aliphatic rings. The number of hydrogen-bond donors (Lipinski definition) is 1. The molecule has 4 heterocycles. The molecule has 2 fully saturated rings. The van der Waals surface area contributed by atoms with Gasteiger partial charge in [-0.2, -0.15) is 0 Å². The summed E-state index contributed by atoms with van der Waals surface area (Å²) < 4.78 is 0. The van der Waals surface area contributed by atoms with Crippen molar-refractivity contribution in [2.75, 3.05) is 24.5 Å². The number of H-pyrrole nitrogens is 1. The lowest BCUT2D eigenvalue weighted by Crippen LogP contribution is -2.56. The molecule has 0 aliphatic carbocycles. The fourth-order valence-corrected chi connectivity index (χ4v) is 4.32. The van der Waals surface area contributed by atoms with E-state index in [0.717, 1.165) is 61.8 Å². The van der Waals surface area contributed by atoms with E-state index in [2.05, 4.69) is 24.8 Å². The molecule has 0 saturated carbocycles. The van der Waals surface area contributed by atoms with Gasteiger partial charge in [0.15, 0.2) is 0 Å². The van der Waals surface area contributed by atoms with Crippen LogP contribution in [0.1, 0.15) is 36.3 Å². The second-order valence-electron chi connectivity index (χ2n) is 7.44. The summed E-state index contributed by atoms with van der Waals surface area (Å²) >= 11 is 0. The maximum absolute atomic E-state index is 12.5. The van der Waals surface area contributed by atoms with Crippen molar-refractivity contribution in [3.63, 3.8) is 0 Å². The largest absolute Gasteiger partial charge is 0.355 e. The topological polar surface area (TPSA) is 78.0 Å². The van der Waals surface area contributed by atoms with Crippen molar-refractivity contribution in [3.05, 3.63) is 35.8 Å². The number of nitrogens with one attached hydrogen (secondary N) is 1. The highest BCUT2D eigenvalue weighted by Gasteiger charge is 2.39. The average Bonchev–Trinajstić information content (AvgIpc) is 3.16. The fraction of sp³-hybridized carbons (Fsp3) is 0.579. The Morgan fingerprint density at radius 3 is 2.96 bits per heavy atom. The van der Waals surface area contributed by atoms with Gasteiger partial charge in [0.2, 0.25) is 5.91 Å². The number of hydrogen-bond acceptors (Lipinski definition) is 5. The van der Waals surface area contributed by atoms with E-state index >= 15 is 0 Å². The number of anilines is 1. The van der Waals surface area contributed by atoms with Gasteiger partial charge in [0, 0.05) is 56.6 Å². The van der Waals surface area contributed by atoms with Gasteiger partial charge >= 0.3 is 0 Å². The van der Waals surface area contributed by atoms with Crippen LogP contribution in [0.25, 0.3) is 0 Å². The second-order valence-corrected chi connectivity index (χ2v) is 7.44. The lowest BCUT2D eigenvalue weighted by atomic mass is 9.83. The maximum Gasteiger partial charge on any atom is 0.222 e. The SMILES string of the molecule is Cc1cnc(C)c(N2CC[C@@H]3[C@@H](CCC(=O)N3CCc3cnc[nH]3)C2)n1. The van der Waals surface area contributed by atoms with Crippen LogP contribution >= 0.6 is 0 Å². The highest BCUT2D eigenvalue weighted by atomic mass is 16.2. The standard InChI is InChI=1S/C19H26N6O/c1-13-9-21-14(2)19(23-13)24-7-6-17-15(11-24)3-4-18(26)25(17)8-5-16-10-20-12-22-16/h9-10,12,15,17H,3-8,11H2,1-2H3,(H,20,22)/t15-,17+/m0/s1. The first-order valence-electron chi connectivity index (χ1n) is 9.43. The third kappa shape index (κ3) is 3.30. The number of aromatic nitrogens is 4. The van der Waals surface area contributed by atoms with Crippen molar-refractivity contribution in [2.45, 2.75) is 45.6 Å².